The summed E-state index contributed by atoms with van der Waals surface area (Å²) in [6.07, 6.45) is 4.40. The van der Waals surface area contributed by atoms with Crippen molar-refractivity contribution in [3.63, 3.8) is 0 Å². The van der Waals surface area contributed by atoms with Gasteiger partial charge < -0.3 is 15.0 Å². The van der Waals surface area contributed by atoms with Crippen molar-refractivity contribution in [1.29, 1.82) is 0 Å². The molecule has 2 aliphatic rings. The Morgan fingerprint density at radius 3 is 2.79 bits per heavy atom. The summed E-state index contributed by atoms with van der Waals surface area (Å²) in [6.45, 7) is 6.55. The Morgan fingerprint density at radius 1 is 1.26 bits per heavy atom. The lowest BCUT2D eigenvalue weighted by molar-refractivity contribution is -0.136. The number of rotatable bonds is 6. The van der Waals surface area contributed by atoms with Crippen molar-refractivity contribution in [2.75, 3.05) is 53.0 Å². The first-order valence-corrected chi connectivity index (χ1v) is 7.55. The third-order valence-corrected chi connectivity index (χ3v) is 4.12. The Balaban J connectivity index is 1.78. The fraction of sp³-hybridized carbons (Fsp3) is 0.929. The van der Waals surface area contributed by atoms with Crippen molar-refractivity contribution in [3.05, 3.63) is 0 Å². The summed E-state index contributed by atoms with van der Waals surface area (Å²) in [7, 11) is 1.74. The number of piperazine rings is 1. The first-order chi connectivity index (χ1) is 9.33. The molecule has 19 heavy (non-hydrogen) atoms. The zero-order chi connectivity index (χ0) is 13.5. The highest BCUT2D eigenvalue weighted by atomic mass is 16.5. The highest BCUT2D eigenvalue weighted by Crippen LogP contribution is 2.20. The third-order valence-electron chi connectivity index (χ3n) is 4.12. The summed E-state index contributed by atoms with van der Waals surface area (Å²) < 4.78 is 5.08. The van der Waals surface area contributed by atoms with E-state index in [4.69, 9.17) is 4.74 Å². The van der Waals surface area contributed by atoms with Gasteiger partial charge in [0.05, 0.1) is 6.04 Å². The molecule has 1 amide bonds. The van der Waals surface area contributed by atoms with Crippen molar-refractivity contribution < 1.29 is 9.53 Å². The van der Waals surface area contributed by atoms with Gasteiger partial charge >= 0.3 is 0 Å². The molecule has 0 aromatic rings. The smallest absolute Gasteiger partial charge is 0.240 e. The molecule has 0 aromatic heterocycles. The van der Waals surface area contributed by atoms with Crippen LogP contribution in [0.25, 0.3) is 0 Å². The van der Waals surface area contributed by atoms with E-state index in [1.807, 2.05) is 4.90 Å². The normalized spacial score (nSPS) is 24.9. The summed E-state index contributed by atoms with van der Waals surface area (Å²) in [5.41, 5.74) is 0. The van der Waals surface area contributed by atoms with E-state index in [0.29, 0.717) is 5.91 Å². The average molecular weight is 269 g/mol. The van der Waals surface area contributed by atoms with Crippen LogP contribution in [0.15, 0.2) is 0 Å². The first-order valence-electron chi connectivity index (χ1n) is 7.55. The van der Waals surface area contributed by atoms with Crippen LogP contribution >= 0.6 is 0 Å². The molecule has 0 aromatic carbocycles. The predicted octanol–water partition coefficient (Wildman–Crippen LogP) is 0.309. The fourth-order valence-corrected chi connectivity index (χ4v) is 3.03. The highest BCUT2D eigenvalue weighted by Gasteiger charge is 2.33. The number of hydrogen-bond acceptors (Lipinski definition) is 4. The topological polar surface area (TPSA) is 44.8 Å². The van der Waals surface area contributed by atoms with E-state index >= 15 is 0 Å². The van der Waals surface area contributed by atoms with Gasteiger partial charge in [0.2, 0.25) is 5.91 Å². The van der Waals surface area contributed by atoms with E-state index in [1.165, 1.54) is 0 Å². The number of unbranched alkanes of at least 4 members (excludes halogenated alkanes) is 1. The molecule has 0 aliphatic carbocycles. The molecule has 5 nitrogen and oxygen atoms in total. The molecule has 1 N–H and O–H groups in total. The van der Waals surface area contributed by atoms with E-state index in [0.717, 1.165) is 71.6 Å². The van der Waals surface area contributed by atoms with Crippen LogP contribution in [0.5, 0.6) is 0 Å². The van der Waals surface area contributed by atoms with E-state index in [-0.39, 0.29) is 6.04 Å². The predicted molar refractivity (Wildman–Crippen MR) is 75.2 cm³/mol. The Bertz CT molecular complexity index is 280. The molecule has 2 heterocycles. The first kappa shape index (κ1) is 14.8. The molecule has 1 atom stereocenters. The number of carbonyl (C=O) groups is 1. The second kappa shape index (κ2) is 7.82. The van der Waals surface area contributed by atoms with Crippen LogP contribution in [-0.4, -0.2) is 74.7 Å². The van der Waals surface area contributed by atoms with Gasteiger partial charge in [-0.25, -0.2) is 0 Å². The van der Waals surface area contributed by atoms with E-state index in [2.05, 4.69) is 10.2 Å². The zero-order valence-corrected chi connectivity index (χ0v) is 12.1. The molecule has 0 saturated carbocycles. The highest BCUT2D eigenvalue weighted by molar-refractivity contribution is 5.82. The molecule has 0 radical (unpaired) electrons. The molecular formula is C14H27N3O2. The largest absolute Gasteiger partial charge is 0.385 e. The second-order valence-electron chi connectivity index (χ2n) is 5.47. The van der Waals surface area contributed by atoms with Gasteiger partial charge in [-0.05, 0) is 38.8 Å². The van der Waals surface area contributed by atoms with Gasteiger partial charge in [0, 0.05) is 39.9 Å². The van der Waals surface area contributed by atoms with Gasteiger partial charge in [-0.2, -0.15) is 0 Å². The maximum atomic E-state index is 12.5. The Morgan fingerprint density at radius 2 is 2.05 bits per heavy atom. The lowest BCUT2D eigenvalue weighted by Crippen LogP contribution is -2.52. The van der Waals surface area contributed by atoms with Crippen LogP contribution in [0.3, 0.4) is 0 Å². The van der Waals surface area contributed by atoms with Gasteiger partial charge in [-0.3, -0.25) is 9.69 Å². The minimum absolute atomic E-state index is 0.139. The van der Waals surface area contributed by atoms with E-state index in [9.17, 15) is 4.79 Å². The molecular weight excluding hydrogens is 242 g/mol. The van der Waals surface area contributed by atoms with Crippen molar-refractivity contribution in [1.82, 2.24) is 15.1 Å². The lowest BCUT2D eigenvalue weighted by Gasteiger charge is -2.33. The molecule has 110 valence electrons. The maximum Gasteiger partial charge on any atom is 0.240 e. The molecule has 5 heteroatoms. The fourth-order valence-electron chi connectivity index (χ4n) is 3.03. The zero-order valence-electron chi connectivity index (χ0n) is 12.1. The maximum absolute atomic E-state index is 12.5. The van der Waals surface area contributed by atoms with Crippen LogP contribution in [0, 0.1) is 0 Å². The van der Waals surface area contributed by atoms with Gasteiger partial charge in [0.15, 0.2) is 0 Å². The monoisotopic (exact) mass is 269 g/mol. The van der Waals surface area contributed by atoms with E-state index < -0.39 is 0 Å². The minimum Gasteiger partial charge on any atom is -0.385 e. The summed E-state index contributed by atoms with van der Waals surface area (Å²) in [5.74, 6) is 0.353. The standard InChI is InChI=1S/C14H27N3O2/c1-19-12-3-2-8-16-9-4-5-13(16)14(18)17-10-6-15-7-11-17/h13,15H,2-12H2,1H3. The van der Waals surface area contributed by atoms with Crippen LogP contribution in [-0.2, 0) is 9.53 Å². The molecule has 0 spiro atoms. The Kier molecular flexibility index (Phi) is 6.07. The molecule has 2 saturated heterocycles. The van der Waals surface area contributed by atoms with Gasteiger partial charge in [0.1, 0.15) is 0 Å². The summed E-state index contributed by atoms with van der Waals surface area (Å²) in [5, 5.41) is 3.30. The number of amides is 1. The van der Waals surface area contributed by atoms with E-state index in [1.54, 1.807) is 7.11 Å². The van der Waals surface area contributed by atoms with Crippen molar-refractivity contribution in [2.24, 2.45) is 0 Å². The number of ether oxygens (including phenoxy) is 1. The van der Waals surface area contributed by atoms with Crippen LogP contribution in [0.2, 0.25) is 0 Å². The number of carbonyl (C=O) groups excluding carboxylic acids is 1. The van der Waals surface area contributed by atoms with Crippen LogP contribution < -0.4 is 5.32 Å². The van der Waals surface area contributed by atoms with Gasteiger partial charge in [0.25, 0.3) is 0 Å². The number of likely N-dealkylation sites (tertiary alicyclic amines) is 1. The third kappa shape index (κ3) is 4.16. The molecule has 2 aliphatic heterocycles. The Labute approximate surface area is 116 Å². The SMILES string of the molecule is COCCCCN1CCCC1C(=O)N1CCNCC1. The molecule has 2 rings (SSSR count). The van der Waals surface area contributed by atoms with Crippen molar-refractivity contribution >= 4 is 5.91 Å². The Hall–Kier alpha value is -0.650. The number of nitrogens with zero attached hydrogens (tertiary/aromatic N) is 2. The molecule has 2 fully saturated rings. The lowest BCUT2D eigenvalue weighted by atomic mass is 10.1. The summed E-state index contributed by atoms with van der Waals surface area (Å²) >= 11 is 0. The summed E-state index contributed by atoms with van der Waals surface area (Å²) in [6, 6.07) is 0.139. The minimum atomic E-state index is 0.139. The average Bonchev–Trinajstić information content (AvgIpc) is 2.92. The quantitative estimate of drug-likeness (QED) is 0.705. The number of hydrogen-bond donors (Lipinski definition) is 1. The second-order valence-corrected chi connectivity index (χ2v) is 5.47. The number of nitrogens with one attached hydrogen (secondary N) is 1. The molecule has 1 unspecified atom stereocenters. The van der Waals surface area contributed by atoms with Gasteiger partial charge in [-0.15, -0.1) is 0 Å². The van der Waals surface area contributed by atoms with Crippen LogP contribution in [0.4, 0.5) is 0 Å². The van der Waals surface area contributed by atoms with Crippen molar-refractivity contribution in [2.45, 2.75) is 31.7 Å². The number of methoxy groups -OCH3 is 1. The van der Waals surface area contributed by atoms with Gasteiger partial charge in [-0.1, -0.05) is 0 Å². The van der Waals surface area contributed by atoms with Crippen LogP contribution in [0.1, 0.15) is 25.7 Å². The summed E-state index contributed by atoms with van der Waals surface area (Å²) in [4.78, 5) is 16.9. The van der Waals surface area contributed by atoms with Crippen molar-refractivity contribution in [3.8, 4) is 0 Å². The molecule has 0 bridgehead atoms.